The molecule has 50 valence electrons. The van der Waals surface area contributed by atoms with Crippen molar-refractivity contribution in [2.45, 2.75) is 0 Å². The van der Waals surface area contributed by atoms with E-state index >= 15 is 0 Å². The van der Waals surface area contributed by atoms with Crippen molar-refractivity contribution in [2.24, 2.45) is 0 Å². The lowest BCUT2D eigenvalue weighted by Crippen LogP contribution is -1.77. The summed E-state index contributed by atoms with van der Waals surface area (Å²) in [6, 6.07) is 0. The third-order valence-corrected chi connectivity index (χ3v) is 1.61. The largest absolute Gasteiger partial charge is 0.342 e. The third-order valence-electron chi connectivity index (χ3n) is 1.02. The first kappa shape index (κ1) is 5.55. The Morgan fingerprint density at radius 3 is 3.00 bits per heavy atom. The molecule has 0 bridgehead atoms. The molecule has 0 radical (unpaired) electrons. The molecular weight excluding hydrogens is 150 g/mol. The summed E-state index contributed by atoms with van der Waals surface area (Å²) in [6.45, 7) is 0. The van der Waals surface area contributed by atoms with Crippen molar-refractivity contribution in [3.05, 3.63) is 17.3 Å². The summed E-state index contributed by atoms with van der Waals surface area (Å²) in [5.41, 5.74) is 2.49. The molecule has 4 nitrogen and oxygen atoms in total. The molecule has 0 amide bonds. The summed E-state index contributed by atoms with van der Waals surface area (Å²) in [5, 5.41) is 5.48. The minimum Gasteiger partial charge on any atom is -0.342 e. The molecule has 0 aliphatic rings. The Morgan fingerprint density at radius 2 is 2.40 bits per heavy atom. The molecule has 0 saturated carbocycles. The van der Waals surface area contributed by atoms with Gasteiger partial charge in [0.1, 0.15) is 5.69 Å². The highest BCUT2D eigenvalue weighted by molar-refractivity contribution is 7.07. The molecule has 0 fully saturated rings. The maximum atomic E-state index is 4.54. The van der Waals surface area contributed by atoms with Gasteiger partial charge in [0.05, 0.1) is 5.51 Å². The first-order valence-corrected chi connectivity index (χ1v) is 3.56. The van der Waals surface area contributed by atoms with Gasteiger partial charge in [-0.15, -0.1) is 11.3 Å². The number of hydrogen-bond acceptors (Lipinski definition) is 5. The van der Waals surface area contributed by atoms with Crippen molar-refractivity contribution in [1.29, 1.82) is 0 Å². The van der Waals surface area contributed by atoms with Crippen LogP contribution in [0, 0.1) is 0 Å². The Labute approximate surface area is 60.5 Å². The molecule has 2 heterocycles. The van der Waals surface area contributed by atoms with Crippen molar-refractivity contribution in [3.63, 3.8) is 0 Å². The summed E-state index contributed by atoms with van der Waals surface area (Å²) in [7, 11) is 0. The van der Waals surface area contributed by atoms with Crippen LogP contribution in [-0.2, 0) is 0 Å². The van der Waals surface area contributed by atoms with Crippen LogP contribution in [0.2, 0.25) is 0 Å². The van der Waals surface area contributed by atoms with E-state index in [9.17, 15) is 0 Å². The van der Waals surface area contributed by atoms with Crippen LogP contribution in [0.15, 0.2) is 21.8 Å². The van der Waals surface area contributed by atoms with E-state index < -0.39 is 0 Å². The molecule has 0 spiro atoms. The van der Waals surface area contributed by atoms with Gasteiger partial charge < -0.3 is 4.52 Å². The summed E-state index contributed by atoms with van der Waals surface area (Å²) in [5.74, 6) is 0.543. The van der Waals surface area contributed by atoms with E-state index in [-0.39, 0.29) is 0 Å². The fraction of sp³-hybridized carbons (Fsp3) is 0. The molecule has 0 aliphatic carbocycles. The Kier molecular flexibility index (Phi) is 1.21. The normalized spacial score (nSPS) is 10.0. The van der Waals surface area contributed by atoms with E-state index in [0.717, 1.165) is 5.69 Å². The molecule has 2 aromatic heterocycles. The van der Waals surface area contributed by atoms with Crippen LogP contribution < -0.4 is 0 Å². The average Bonchev–Trinajstić information content (AvgIpc) is 2.59. The van der Waals surface area contributed by atoms with Gasteiger partial charge in [0.15, 0.2) is 0 Å². The maximum absolute atomic E-state index is 4.54. The summed E-state index contributed by atoms with van der Waals surface area (Å²) >= 11 is 1.51. The highest BCUT2D eigenvalue weighted by Gasteiger charge is 2.02. The first-order valence-electron chi connectivity index (χ1n) is 2.62. The van der Waals surface area contributed by atoms with E-state index in [0.29, 0.717) is 5.82 Å². The van der Waals surface area contributed by atoms with Gasteiger partial charge in [0.2, 0.25) is 12.2 Å². The van der Waals surface area contributed by atoms with E-state index in [2.05, 4.69) is 19.6 Å². The Hall–Kier alpha value is -1.23. The van der Waals surface area contributed by atoms with E-state index in [1.54, 1.807) is 5.51 Å². The Morgan fingerprint density at radius 1 is 1.40 bits per heavy atom. The zero-order valence-corrected chi connectivity index (χ0v) is 5.71. The van der Waals surface area contributed by atoms with Crippen LogP contribution in [-0.4, -0.2) is 15.1 Å². The van der Waals surface area contributed by atoms with Crippen LogP contribution in [0.3, 0.4) is 0 Å². The second kappa shape index (κ2) is 2.18. The van der Waals surface area contributed by atoms with E-state index in [1.807, 2.05) is 5.38 Å². The first-order chi connectivity index (χ1) is 4.97. The van der Waals surface area contributed by atoms with Crippen LogP contribution in [0.1, 0.15) is 0 Å². The number of rotatable bonds is 1. The van der Waals surface area contributed by atoms with Crippen LogP contribution in [0.25, 0.3) is 11.5 Å². The second-order valence-electron chi connectivity index (χ2n) is 1.63. The fourth-order valence-corrected chi connectivity index (χ4v) is 1.14. The van der Waals surface area contributed by atoms with Crippen molar-refractivity contribution in [1.82, 2.24) is 15.1 Å². The molecule has 2 rings (SSSR count). The summed E-state index contributed by atoms with van der Waals surface area (Å²) < 4.78 is 4.54. The zero-order valence-electron chi connectivity index (χ0n) is 4.89. The monoisotopic (exact) mass is 153 g/mol. The van der Waals surface area contributed by atoms with Gasteiger partial charge >= 0.3 is 0 Å². The molecular formula is C5H3N3OS. The Bertz CT molecular complexity index is 256. The number of hydrogen-bond donors (Lipinski definition) is 0. The molecule has 0 saturated heterocycles. The van der Waals surface area contributed by atoms with Crippen molar-refractivity contribution >= 4 is 11.3 Å². The summed E-state index contributed by atoms with van der Waals surface area (Å²) in [4.78, 5) is 7.82. The molecule has 5 heteroatoms. The van der Waals surface area contributed by atoms with Gasteiger partial charge in [-0.2, -0.15) is 4.98 Å². The van der Waals surface area contributed by atoms with Crippen LogP contribution in [0.5, 0.6) is 0 Å². The predicted molar refractivity (Wildman–Crippen MR) is 35.4 cm³/mol. The molecule has 2 aromatic rings. The standard InChI is InChI=1S/C5H3N3OS/c1-4(7-3-10-1)5-6-2-9-8-5/h1-3H. The highest BCUT2D eigenvalue weighted by Crippen LogP contribution is 2.12. The van der Waals surface area contributed by atoms with Gasteiger partial charge in [-0.25, -0.2) is 4.98 Å². The molecule has 0 aromatic carbocycles. The minimum atomic E-state index is 0.543. The Balaban J connectivity index is 2.48. The molecule has 0 unspecified atom stereocenters. The minimum absolute atomic E-state index is 0.543. The van der Waals surface area contributed by atoms with Gasteiger partial charge in [-0.05, 0) is 0 Å². The predicted octanol–water partition coefficient (Wildman–Crippen LogP) is 1.19. The van der Waals surface area contributed by atoms with Gasteiger partial charge in [-0.3, -0.25) is 0 Å². The zero-order chi connectivity index (χ0) is 6.81. The average molecular weight is 153 g/mol. The van der Waals surface area contributed by atoms with E-state index in [4.69, 9.17) is 0 Å². The van der Waals surface area contributed by atoms with Crippen molar-refractivity contribution in [2.75, 3.05) is 0 Å². The number of thiazole rings is 1. The number of nitrogens with zero attached hydrogens (tertiary/aromatic N) is 3. The molecule has 0 atom stereocenters. The highest BCUT2D eigenvalue weighted by atomic mass is 32.1. The van der Waals surface area contributed by atoms with Crippen LogP contribution >= 0.6 is 11.3 Å². The molecule has 0 aliphatic heterocycles. The van der Waals surface area contributed by atoms with Gasteiger partial charge in [0, 0.05) is 5.38 Å². The second-order valence-corrected chi connectivity index (χ2v) is 2.35. The lowest BCUT2D eigenvalue weighted by atomic mass is 10.5. The maximum Gasteiger partial charge on any atom is 0.221 e. The molecule has 0 N–H and O–H groups in total. The lowest BCUT2D eigenvalue weighted by molar-refractivity contribution is 0.418. The van der Waals surface area contributed by atoms with Crippen molar-refractivity contribution in [3.8, 4) is 11.5 Å². The molecule has 10 heavy (non-hydrogen) atoms. The third kappa shape index (κ3) is 0.801. The fourth-order valence-electron chi connectivity index (χ4n) is 0.606. The summed E-state index contributed by atoms with van der Waals surface area (Å²) in [6.07, 6.45) is 1.29. The number of aromatic nitrogens is 3. The topological polar surface area (TPSA) is 51.8 Å². The lowest BCUT2D eigenvalue weighted by Gasteiger charge is -1.78. The SMILES string of the molecule is c1nc(-c2cscn2)no1. The van der Waals surface area contributed by atoms with Crippen molar-refractivity contribution < 1.29 is 4.52 Å². The van der Waals surface area contributed by atoms with E-state index in [1.165, 1.54) is 17.7 Å². The van der Waals surface area contributed by atoms with Crippen LogP contribution in [0.4, 0.5) is 0 Å². The van der Waals surface area contributed by atoms with Gasteiger partial charge in [0.25, 0.3) is 0 Å². The quantitative estimate of drug-likeness (QED) is 0.617. The van der Waals surface area contributed by atoms with Gasteiger partial charge in [-0.1, -0.05) is 5.16 Å². The smallest absolute Gasteiger partial charge is 0.221 e.